The van der Waals surface area contributed by atoms with Gasteiger partial charge in [-0.25, -0.2) is 4.98 Å². The zero-order chi connectivity index (χ0) is 11.3. The van der Waals surface area contributed by atoms with Crippen molar-refractivity contribution in [2.45, 2.75) is 46.6 Å². The lowest BCUT2D eigenvalue weighted by Crippen LogP contribution is -2.25. The quantitative estimate of drug-likeness (QED) is 0.802. The molecule has 0 amide bonds. The van der Waals surface area contributed by atoms with E-state index in [1.165, 1.54) is 23.4 Å². The van der Waals surface area contributed by atoms with Crippen LogP contribution in [0.2, 0.25) is 0 Å². The van der Waals surface area contributed by atoms with Gasteiger partial charge in [-0.2, -0.15) is 0 Å². The Kier molecular flexibility index (Phi) is 5.26. The van der Waals surface area contributed by atoms with E-state index >= 15 is 0 Å². The molecule has 15 heavy (non-hydrogen) atoms. The van der Waals surface area contributed by atoms with Gasteiger partial charge in [-0.1, -0.05) is 26.7 Å². The number of nitrogens with zero attached hydrogens (tertiary/aromatic N) is 1. The summed E-state index contributed by atoms with van der Waals surface area (Å²) in [6.07, 6.45) is 2.52. The minimum absolute atomic E-state index is 0.443. The molecule has 1 aromatic rings. The second kappa shape index (κ2) is 6.23. The van der Waals surface area contributed by atoms with Gasteiger partial charge in [-0.05, 0) is 26.3 Å². The first kappa shape index (κ1) is 12.7. The van der Waals surface area contributed by atoms with Gasteiger partial charge in [0.25, 0.3) is 0 Å². The molecule has 0 aliphatic rings. The summed E-state index contributed by atoms with van der Waals surface area (Å²) in [6.45, 7) is 9.95. The first-order chi connectivity index (χ1) is 7.19. The van der Waals surface area contributed by atoms with E-state index < -0.39 is 0 Å². The van der Waals surface area contributed by atoms with E-state index in [4.69, 9.17) is 0 Å². The predicted molar refractivity (Wildman–Crippen MR) is 67.3 cm³/mol. The third-order valence-corrected chi connectivity index (χ3v) is 4.16. The molecule has 0 aromatic carbocycles. The molecule has 3 heteroatoms. The Morgan fingerprint density at radius 3 is 2.53 bits per heavy atom. The standard InChI is InChI=1S/C12H22N2S/c1-5-11(6-2)7-13-9(3)12-10(4)14-8-15-12/h8-9,11,13H,5-7H2,1-4H3. The lowest BCUT2D eigenvalue weighted by molar-refractivity contribution is 0.424. The number of aryl methyl sites for hydroxylation is 1. The van der Waals surface area contributed by atoms with Crippen molar-refractivity contribution in [3.05, 3.63) is 16.1 Å². The topological polar surface area (TPSA) is 24.9 Å². The highest BCUT2D eigenvalue weighted by Gasteiger charge is 2.11. The van der Waals surface area contributed by atoms with Crippen molar-refractivity contribution in [3.63, 3.8) is 0 Å². The fraction of sp³-hybridized carbons (Fsp3) is 0.750. The van der Waals surface area contributed by atoms with Gasteiger partial charge in [-0.15, -0.1) is 11.3 Å². The van der Waals surface area contributed by atoms with Crippen molar-refractivity contribution in [1.82, 2.24) is 10.3 Å². The van der Waals surface area contributed by atoms with Gasteiger partial charge in [0.1, 0.15) is 0 Å². The highest BCUT2D eigenvalue weighted by atomic mass is 32.1. The van der Waals surface area contributed by atoms with Crippen LogP contribution >= 0.6 is 11.3 Å². The summed E-state index contributed by atoms with van der Waals surface area (Å²) in [5, 5.41) is 3.60. The van der Waals surface area contributed by atoms with E-state index in [-0.39, 0.29) is 0 Å². The summed E-state index contributed by atoms with van der Waals surface area (Å²) >= 11 is 1.75. The van der Waals surface area contributed by atoms with E-state index in [1.54, 1.807) is 11.3 Å². The first-order valence-electron chi connectivity index (χ1n) is 5.82. The molecule has 0 saturated heterocycles. The molecular formula is C12H22N2S. The van der Waals surface area contributed by atoms with Gasteiger partial charge in [0.2, 0.25) is 0 Å². The van der Waals surface area contributed by atoms with Gasteiger partial charge in [-0.3, -0.25) is 0 Å². The third kappa shape index (κ3) is 3.58. The second-order valence-corrected chi connectivity index (χ2v) is 5.00. The molecule has 0 spiro atoms. The van der Waals surface area contributed by atoms with E-state index in [2.05, 4.69) is 38.0 Å². The Balaban J connectivity index is 2.42. The van der Waals surface area contributed by atoms with Crippen molar-refractivity contribution in [2.75, 3.05) is 6.54 Å². The molecular weight excluding hydrogens is 204 g/mol. The fourth-order valence-electron chi connectivity index (χ4n) is 1.74. The Labute approximate surface area is 97.1 Å². The maximum atomic E-state index is 4.28. The monoisotopic (exact) mass is 226 g/mol. The number of aromatic nitrogens is 1. The van der Waals surface area contributed by atoms with Crippen LogP contribution in [0.3, 0.4) is 0 Å². The molecule has 0 saturated carbocycles. The normalized spacial score (nSPS) is 13.4. The number of hydrogen-bond acceptors (Lipinski definition) is 3. The predicted octanol–water partition coefficient (Wildman–Crippen LogP) is 3.54. The number of hydrogen-bond donors (Lipinski definition) is 1. The molecule has 1 atom stereocenters. The molecule has 0 fully saturated rings. The lowest BCUT2D eigenvalue weighted by Gasteiger charge is -2.17. The van der Waals surface area contributed by atoms with Crippen LogP contribution in [0.1, 0.15) is 50.2 Å². The number of rotatable bonds is 6. The van der Waals surface area contributed by atoms with Crippen molar-refractivity contribution in [1.29, 1.82) is 0 Å². The molecule has 0 radical (unpaired) electrons. The Morgan fingerprint density at radius 2 is 2.07 bits per heavy atom. The molecule has 1 rings (SSSR count). The third-order valence-electron chi connectivity index (χ3n) is 3.04. The highest BCUT2D eigenvalue weighted by molar-refractivity contribution is 7.09. The van der Waals surface area contributed by atoms with Gasteiger partial charge in [0.05, 0.1) is 11.2 Å². The van der Waals surface area contributed by atoms with Crippen LogP contribution in [0.5, 0.6) is 0 Å². The molecule has 1 heterocycles. The summed E-state index contributed by atoms with van der Waals surface area (Å²) in [7, 11) is 0. The molecule has 2 nitrogen and oxygen atoms in total. The van der Waals surface area contributed by atoms with Crippen molar-refractivity contribution in [3.8, 4) is 0 Å². The summed E-state index contributed by atoms with van der Waals surface area (Å²) in [4.78, 5) is 5.66. The highest BCUT2D eigenvalue weighted by Crippen LogP contribution is 2.21. The van der Waals surface area contributed by atoms with E-state index in [0.29, 0.717) is 6.04 Å². The van der Waals surface area contributed by atoms with Crippen LogP contribution in [0.4, 0.5) is 0 Å². The van der Waals surface area contributed by atoms with Crippen LogP contribution in [0.25, 0.3) is 0 Å². The minimum Gasteiger partial charge on any atom is -0.309 e. The smallest absolute Gasteiger partial charge is 0.0798 e. The summed E-state index contributed by atoms with van der Waals surface area (Å²) in [5.41, 5.74) is 3.10. The zero-order valence-electron chi connectivity index (χ0n) is 10.2. The summed E-state index contributed by atoms with van der Waals surface area (Å²) < 4.78 is 0. The fourth-order valence-corrected chi connectivity index (χ4v) is 2.58. The maximum absolute atomic E-state index is 4.28. The van der Waals surface area contributed by atoms with Crippen LogP contribution in [0, 0.1) is 12.8 Å². The molecule has 0 aliphatic carbocycles. The van der Waals surface area contributed by atoms with Gasteiger partial charge in [0.15, 0.2) is 0 Å². The second-order valence-electron chi connectivity index (χ2n) is 4.11. The summed E-state index contributed by atoms with van der Waals surface area (Å²) in [6, 6.07) is 0.443. The van der Waals surface area contributed by atoms with Gasteiger partial charge >= 0.3 is 0 Å². The van der Waals surface area contributed by atoms with Crippen LogP contribution in [-0.4, -0.2) is 11.5 Å². The SMILES string of the molecule is CCC(CC)CNC(C)c1scnc1C. The van der Waals surface area contributed by atoms with Crippen LogP contribution in [-0.2, 0) is 0 Å². The molecule has 86 valence electrons. The summed E-state index contributed by atoms with van der Waals surface area (Å²) in [5.74, 6) is 0.806. The largest absolute Gasteiger partial charge is 0.309 e. The Morgan fingerprint density at radius 1 is 1.40 bits per heavy atom. The minimum atomic E-state index is 0.443. The first-order valence-corrected chi connectivity index (χ1v) is 6.70. The van der Waals surface area contributed by atoms with Gasteiger partial charge < -0.3 is 5.32 Å². The Bertz CT molecular complexity index is 279. The molecule has 0 aliphatic heterocycles. The van der Waals surface area contributed by atoms with E-state index in [1.807, 2.05) is 5.51 Å². The maximum Gasteiger partial charge on any atom is 0.0798 e. The molecule has 0 bridgehead atoms. The van der Waals surface area contributed by atoms with Gasteiger partial charge in [0, 0.05) is 10.9 Å². The van der Waals surface area contributed by atoms with Crippen LogP contribution < -0.4 is 5.32 Å². The van der Waals surface area contributed by atoms with Crippen molar-refractivity contribution < 1.29 is 0 Å². The molecule has 1 N–H and O–H groups in total. The molecule has 1 unspecified atom stereocenters. The zero-order valence-corrected chi connectivity index (χ0v) is 11.0. The van der Waals surface area contributed by atoms with Crippen LogP contribution in [0.15, 0.2) is 5.51 Å². The lowest BCUT2D eigenvalue weighted by atomic mass is 10.0. The van der Waals surface area contributed by atoms with E-state index in [0.717, 1.165) is 12.5 Å². The number of nitrogens with one attached hydrogen (secondary N) is 1. The average molecular weight is 226 g/mol. The van der Waals surface area contributed by atoms with Crippen molar-refractivity contribution >= 4 is 11.3 Å². The van der Waals surface area contributed by atoms with Crippen molar-refractivity contribution in [2.24, 2.45) is 5.92 Å². The molecule has 1 aromatic heterocycles. The van der Waals surface area contributed by atoms with E-state index in [9.17, 15) is 0 Å². The Hall–Kier alpha value is -0.410. The average Bonchev–Trinajstić information content (AvgIpc) is 2.66. The number of thiazole rings is 1.